The molecule has 27 heavy (non-hydrogen) atoms. The first-order valence-corrected chi connectivity index (χ1v) is 10.4. The Morgan fingerprint density at radius 3 is 2.48 bits per heavy atom. The summed E-state index contributed by atoms with van der Waals surface area (Å²) >= 11 is 3.44. The molecular formula is C22H23BrN2O2. The summed E-state index contributed by atoms with van der Waals surface area (Å²) in [6.07, 6.45) is 4.21. The van der Waals surface area contributed by atoms with Crippen LogP contribution in [0.2, 0.25) is 0 Å². The highest BCUT2D eigenvalue weighted by atomic mass is 79.9. The number of nitrogens with one attached hydrogen (secondary N) is 1. The van der Waals surface area contributed by atoms with Gasteiger partial charge in [-0.3, -0.25) is 9.59 Å². The van der Waals surface area contributed by atoms with E-state index in [0.29, 0.717) is 11.3 Å². The Labute approximate surface area is 168 Å². The molecule has 2 amide bonds. The molecule has 5 heteroatoms. The Hall–Kier alpha value is -2.14. The predicted molar refractivity (Wildman–Crippen MR) is 110 cm³/mol. The average molecular weight is 427 g/mol. The maximum atomic E-state index is 12.7. The van der Waals surface area contributed by atoms with E-state index in [4.69, 9.17) is 0 Å². The van der Waals surface area contributed by atoms with E-state index in [1.54, 1.807) is 6.07 Å². The van der Waals surface area contributed by atoms with E-state index in [1.807, 2.05) is 35.2 Å². The van der Waals surface area contributed by atoms with Crippen LogP contribution in [-0.2, 0) is 4.79 Å². The number of carbonyl (C=O) groups excluding carboxylic acids is 2. The number of likely N-dealkylation sites (tertiary alicyclic amines) is 1. The van der Waals surface area contributed by atoms with Crippen molar-refractivity contribution in [2.75, 3.05) is 18.4 Å². The van der Waals surface area contributed by atoms with Gasteiger partial charge in [0.05, 0.1) is 0 Å². The van der Waals surface area contributed by atoms with Crippen molar-refractivity contribution in [2.24, 2.45) is 5.92 Å². The number of hydrogen-bond donors (Lipinski definition) is 1. The second kappa shape index (κ2) is 7.85. The van der Waals surface area contributed by atoms with Crippen molar-refractivity contribution in [3.63, 3.8) is 0 Å². The fraction of sp³-hybridized carbons (Fsp3) is 0.364. The fourth-order valence-electron chi connectivity index (χ4n) is 3.81. The fourth-order valence-corrected chi connectivity index (χ4v) is 4.07. The zero-order valence-corrected chi connectivity index (χ0v) is 16.7. The molecular weight excluding hydrogens is 404 g/mol. The smallest absolute Gasteiger partial charge is 0.253 e. The van der Waals surface area contributed by atoms with E-state index >= 15 is 0 Å². The number of halogens is 1. The van der Waals surface area contributed by atoms with Crippen LogP contribution in [0.15, 0.2) is 53.0 Å². The molecule has 1 aliphatic heterocycles. The lowest BCUT2D eigenvalue weighted by molar-refractivity contribution is -0.117. The molecule has 0 spiro atoms. The molecule has 4 nitrogen and oxygen atoms in total. The van der Waals surface area contributed by atoms with Crippen molar-refractivity contribution in [3.8, 4) is 0 Å². The Bertz CT molecular complexity index is 844. The molecule has 1 N–H and O–H groups in total. The highest BCUT2D eigenvalue weighted by Crippen LogP contribution is 2.48. The molecule has 4 rings (SSSR count). The third-order valence-corrected chi connectivity index (χ3v) is 5.97. The summed E-state index contributed by atoms with van der Waals surface area (Å²) in [6, 6.07) is 15.5. The van der Waals surface area contributed by atoms with Gasteiger partial charge in [-0.1, -0.05) is 34.1 Å². The van der Waals surface area contributed by atoms with Crippen LogP contribution in [0.3, 0.4) is 0 Å². The predicted octanol–water partition coefficient (Wildman–Crippen LogP) is 4.82. The highest BCUT2D eigenvalue weighted by Gasteiger charge is 2.43. The zero-order chi connectivity index (χ0) is 18.8. The quantitative estimate of drug-likeness (QED) is 0.761. The number of nitrogens with zero attached hydrogens (tertiary/aromatic N) is 1. The van der Waals surface area contributed by atoms with Crippen LogP contribution < -0.4 is 5.32 Å². The monoisotopic (exact) mass is 426 g/mol. The normalized spacial score (nSPS) is 21.6. The Balaban J connectivity index is 1.39. The molecule has 0 radical (unpaired) electrons. The van der Waals surface area contributed by atoms with Crippen LogP contribution in [0.1, 0.15) is 47.5 Å². The standard InChI is InChI=1S/C22H23BrN2O2/c23-17-9-7-15(8-10-17)19-14-20(19)21(26)24-18-6-4-5-16(13-18)22(27)25-11-2-1-3-12-25/h4-10,13,19-20H,1-3,11-12,14H2,(H,24,26). The number of piperidine rings is 1. The minimum atomic E-state index is 0.00706. The Morgan fingerprint density at radius 2 is 1.74 bits per heavy atom. The summed E-state index contributed by atoms with van der Waals surface area (Å²) < 4.78 is 1.04. The van der Waals surface area contributed by atoms with Crippen molar-refractivity contribution < 1.29 is 9.59 Å². The molecule has 2 atom stereocenters. The molecule has 1 saturated heterocycles. The van der Waals surface area contributed by atoms with Crippen LogP contribution in [0, 0.1) is 5.92 Å². The molecule has 140 valence electrons. The van der Waals surface area contributed by atoms with Gasteiger partial charge in [-0.05, 0) is 67.5 Å². The van der Waals surface area contributed by atoms with Crippen LogP contribution in [-0.4, -0.2) is 29.8 Å². The van der Waals surface area contributed by atoms with Crippen LogP contribution in [0.4, 0.5) is 5.69 Å². The van der Waals surface area contributed by atoms with Gasteiger partial charge in [0.25, 0.3) is 5.91 Å². The van der Waals surface area contributed by atoms with Gasteiger partial charge in [-0.15, -0.1) is 0 Å². The molecule has 2 unspecified atom stereocenters. The Kier molecular flexibility index (Phi) is 5.30. The highest BCUT2D eigenvalue weighted by molar-refractivity contribution is 9.10. The van der Waals surface area contributed by atoms with Crippen LogP contribution in [0.25, 0.3) is 0 Å². The first kappa shape index (κ1) is 18.2. The molecule has 2 fully saturated rings. The largest absolute Gasteiger partial charge is 0.339 e. The van der Waals surface area contributed by atoms with Gasteiger partial charge in [0.2, 0.25) is 5.91 Å². The Morgan fingerprint density at radius 1 is 1.00 bits per heavy atom. The van der Waals surface area contributed by atoms with Crippen LogP contribution in [0.5, 0.6) is 0 Å². The summed E-state index contributed by atoms with van der Waals surface area (Å²) in [4.78, 5) is 27.2. The van der Waals surface area contributed by atoms with Gasteiger partial charge in [0, 0.05) is 34.7 Å². The third kappa shape index (κ3) is 4.24. The molecule has 1 saturated carbocycles. The van der Waals surface area contributed by atoms with Gasteiger partial charge < -0.3 is 10.2 Å². The van der Waals surface area contributed by atoms with E-state index in [2.05, 4.69) is 33.4 Å². The van der Waals surface area contributed by atoms with Crippen molar-refractivity contribution in [1.29, 1.82) is 0 Å². The number of rotatable bonds is 4. The third-order valence-electron chi connectivity index (χ3n) is 5.45. The topological polar surface area (TPSA) is 49.4 Å². The molecule has 0 aromatic heterocycles. The van der Waals surface area contributed by atoms with Gasteiger partial charge >= 0.3 is 0 Å². The minimum absolute atomic E-state index is 0.00706. The van der Waals surface area contributed by atoms with Crippen molar-refractivity contribution in [3.05, 3.63) is 64.1 Å². The van der Waals surface area contributed by atoms with Crippen LogP contribution >= 0.6 is 15.9 Å². The summed E-state index contributed by atoms with van der Waals surface area (Å²) in [5.41, 5.74) is 2.55. The minimum Gasteiger partial charge on any atom is -0.339 e. The lowest BCUT2D eigenvalue weighted by Gasteiger charge is -2.26. The lowest BCUT2D eigenvalue weighted by atomic mass is 10.1. The number of amides is 2. The second-order valence-electron chi connectivity index (χ2n) is 7.42. The SMILES string of the molecule is O=C(Nc1cccc(C(=O)N2CCCCC2)c1)C1CC1c1ccc(Br)cc1. The number of hydrogen-bond acceptors (Lipinski definition) is 2. The van der Waals surface area contributed by atoms with E-state index < -0.39 is 0 Å². The van der Waals surface area contributed by atoms with Crippen molar-refractivity contribution in [2.45, 2.75) is 31.6 Å². The zero-order valence-electron chi connectivity index (χ0n) is 15.2. The second-order valence-corrected chi connectivity index (χ2v) is 8.34. The van der Waals surface area contributed by atoms with E-state index in [1.165, 1.54) is 12.0 Å². The maximum absolute atomic E-state index is 12.7. The lowest BCUT2D eigenvalue weighted by Crippen LogP contribution is -2.35. The molecule has 0 bridgehead atoms. The van der Waals surface area contributed by atoms with Gasteiger partial charge in [-0.2, -0.15) is 0 Å². The average Bonchev–Trinajstić information content (AvgIpc) is 3.50. The first-order valence-electron chi connectivity index (χ1n) is 9.57. The summed E-state index contributed by atoms with van der Waals surface area (Å²) in [5, 5.41) is 2.99. The van der Waals surface area contributed by atoms with E-state index in [0.717, 1.165) is 36.8 Å². The molecule has 2 aromatic rings. The summed E-state index contributed by atoms with van der Waals surface area (Å²) in [6.45, 7) is 1.65. The molecule has 1 heterocycles. The number of benzene rings is 2. The van der Waals surface area contributed by atoms with Gasteiger partial charge in [0.1, 0.15) is 0 Å². The molecule has 2 aliphatic rings. The van der Waals surface area contributed by atoms with E-state index in [-0.39, 0.29) is 23.7 Å². The number of anilines is 1. The van der Waals surface area contributed by atoms with Gasteiger partial charge in [-0.25, -0.2) is 0 Å². The first-order chi connectivity index (χ1) is 13.1. The van der Waals surface area contributed by atoms with Gasteiger partial charge in [0.15, 0.2) is 0 Å². The molecule has 1 aliphatic carbocycles. The van der Waals surface area contributed by atoms with Crippen molar-refractivity contribution >= 4 is 33.4 Å². The summed E-state index contributed by atoms with van der Waals surface area (Å²) in [7, 11) is 0. The maximum Gasteiger partial charge on any atom is 0.253 e. The number of carbonyl (C=O) groups is 2. The molecule has 2 aromatic carbocycles. The van der Waals surface area contributed by atoms with E-state index in [9.17, 15) is 9.59 Å². The summed E-state index contributed by atoms with van der Waals surface area (Å²) in [5.74, 6) is 0.388. The van der Waals surface area contributed by atoms with Crippen molar-refractivity contribution in [1.82, 2.24) is 4.90 Å².